The number of likely N-dealkylation sites (tertiary alicyclic amines) is 1. The number of benzene rings is 1. The van der Waals surface area contributed by atoms with Crippen LogP contribution in [0.2, 0.25) is 0 Å². The minimum atomic E-state index is -0.249. The van der Waals surface area contributed by atoms with Gasteiger partial charge in [0, 0.05) is 12.6 Å². The molecule has 1 aliphatic rings. The first-order valence-electron chi connectivity index (χ1n) is 5.58. The van der Waals surface area contributed by atoms with E-state index in [0.29, 0.717) is 6.61 Å². The van der Waals surface area contributed by atoms with Crippen molar-refractivity contribution in [1.82, 2.24) is 4.90 Å². The molecule has 1 saturated heterocycles. The zero-order valence-electron chi connectivity index (χ0n) is 9.26. The van der Waals surface area contributed by atoms with E-state index < -0.39 is 0 Å². The van der Waals surface area contributed by atoms with Crippen molar-refractivity contribution in [2.75, 3.05) is 6.54 Å². The summed E-state index contributed by atoms with van der Waals surface area (Å²) >= 11 is 0. The molecule has 2 rings (SSSR count). The van der Waals surface area contributed by atoms with Crippen LogP contribution in [0.3, 0.4) is 0 Å². The summed E-state index contributed by atoms with van der Waals surface area (Å²) in [4.78, 5) is 13.4. The molecule has 1 unspecified atom stereocenters. The first-order valence-corrected chi connectivity index (χ1v) is 5.58. The average molecular weight is 218 g/mol. The zero-order chi connectivity index (χ0) is 11.4. The number of hydrogen-bond acceptors (Lipinski definition) is 2. The Bertz CT molecular complexity index is 350. The molecule has 1 radical (unpaired) electrons. The van der Waals surface area contributed by atoms with Crippen LogP contribution in [0.1, 0.15) is 18.4 Å². The molecule has 1 fully saturated rings. The van der Waals surface area contributed by atoms with Gasteiger partial charge < -0.3 is 9.64 Å². The van der Waals surface area contributed by atoms with Gasteiger partial charge in [-0.3, -0.25) is 0 Å². The van der Waals surface area contributed by atoms with Crippen molar-refractivity contribution >= 4 is 6.09 Å². The van der Waals surface area contributed by atoms with Crippen LogP contribution < -0.4 is 0 Å². The van der Waals surface area contributed by atoms with Gasteiger partial charge in [0.15, 0.2) is 0 Å². The van der Waals surface area contributed by atoms with Gasteiger partial charge in [-0.1, -0.05) is 30.3 Å². The molecular formula is C13H16NO2. The normalized spacial score (nSPS) is 19.8. The molecule has 3 nitrogen and oxygen atoms in total. The summed E-state index contributed by atoms with van der Waals surface area (Å²) in [7, 11) is 0. The molecule has 1 heterocycles. The Morgan fingerprint density at radius 1 is 1.44 bits per heavy atom. The van der Waals surface area contributed by atoms with Crippen LogP contribution in [0, 0.1) is 6.92 Å². The molecule has 1 aromatic rings. The van der Waals surface area contributed by atoms with E-state index >= 15 is 0 Å². The van der Waals surface area contributed by atoms with E-state index in [1.54, 1.807) is 4.90 Å². The third kappa shape index (κ3) is 2.54. The average Bonchev–Trinajstić information content (AvgIpc) is 2.74. The quantitative estimate of drug-likeness (QED) is 0.763. The van der Waals surface area contributed by atoms with E-state index in [4.69, 9.17) is 4.74 Å². The maximum absolute atomic E-state index is 11.7. The first kappa shape index (κ1) is 11.0. The summed E-state index contributed by atoms with van der Waals surface area (Å²) in [5.41, 5.74) is 1.01. The maximum Gasteiger partial charge on any atom is 0.410 e. The van der Waals surface area contributed by atoms with Crippen LogP contribution in [-0.4, -0.2) is 23.6 Å². The molecule has 1 aliphatic heterocycles. The summed E-state index contributed by atoms with van der Waals surface area (Å²) in [6, 6.07) is 9.77. The molecule has 1 amide bonds. The summed E-state index contributed by atoms with van der Waals surface area (Å²) in [6.07, 6.45) is 1.75. The predicted octanol–water partition coefficient (Wildman–Crippen LogP) is 2.62. The van der Waals surface area contributed by atoms with E-state index in [2.05, 4.69) is 6.92 Å². The van der Waals surface area contributed by atoms with Crippen LogP contribution in [0.15, 0.2) is 30.3 Å². The minimum absolute atomic E-state index is 0.0725. The molecule has 0 bridgehead atoms. The van der Waals surface area contributed by atoms with Crippen LogP contribution in [0.25, 0.3) is 0 Å². The van der Waals surface area contributed by atoms with Gasteiger partial charge >= 0.3 is 6.09 Å². The van der Waals surface area contributed by atoms with Crippen molar-refractivity contribution in [3.05, 3.63) is 42.8 Å². The van der Waals surface area contributed by atoms with Crippen molar-refractivity contribution in [2.24, 2.45) is 0 Å². The monoisotopic (exact) mass is 218 g/mol. The van der Waals surface area contributed by atoms with Gasteiger partial charge in [0.25, 0.3) is 0 Å². The lowest BCUT2D eigenvalue weighted by molar-refractivity contribution is 0.0972. The van der Waals surface area contributed by atoms with Crippen LogP contribution in [-0.2, 0) is 11.3 Å². The number of carbonyl (C=O) groups is 1. The molecule has 1 atom stereocenters. The van der Waals surface area contributed by atoms with Crippen LogP contribution in [0.4, 0.5) is 4.79 Å². The zero-order valence-corrected chi connectivity index (χ0v) is 9.26. The third-order valence-corrected chi connectivity index (χ3v) is 2.82. The second-order valence-electron chi connectivity index (χ2n) is 4.03. The number of ether oxygens (including phenoxy) is 1. The van der Waals surface area contributed by atoms with E-state index in [9.17, 15) is 4.79 Å². The van der Waals surface area contributed by atoms with Gasteiger partial charge in [-0.15, -0.1) is 0 Å². The lowest BCUT2D eigenvalue weighted by Crippen LogP contribution is -2.34. The van der Waals surface area contributed by atoms with E-state index in [1.165, 1.54) is 0 Å². The second-order valence-corrected chi connectivity index (χ2v) is 4.03. The number of carbonyl (C=O) groups excluding carboxylic acids is 1. The fourth-order valence-corrected chi connectivity index (χ4v) is 1.88. The number of rotatable bonds is 2. The third-order valence-electron chi connectivity index (χ3n) is 2.82. The van der Waals surface area contributed by atoms with Gasteiger partial charge in [0.2, 0.25) is 0 Å². The van der Waals surface area contributed by atoms with Gasteiger partial charge in [0.1, 0.15) is 6.61 Å². The smallest absolute Gasteiger partial charge is 0.410 e. The van der Waals surface area contributed by atoms with Crippen molar-refractivity contribution in [2.45, 2.75) is 25.5 Å². The lowest BCUT2D eigenvalue weighted by Gasteiger charge is -2.20. The van der Waals surface area contributed by atoms with Crippen molar-refractivity contribution in [1.29, 1.82) is 0 Å². The van der Waals surface area contributed by atoms with Crippen molar-refractivity contribution in [3.8, 4) is 0 Å². The Labute approximate surface area is 96.0 Å². The molecule has 1 aromatic carbocycles. The highest BCUT2D eigenvalue weighted by molar-refractivity contribution is 5.68. The minimum Gasteiger partial charge on any atom is -0.445 e. The van der Waals surface area contributed by atoms with E-state index in [-0.39, 0.29) is 12.1 Å². The molecule has 85 valence electrons. The van der Waals surface area contributed by atoms with E-state index in [1.807, 2.05) is 30.3 Å². The second kappa shape index (κ2) is 5.01. The molecule has 16 heavy (non-hydrogen) atoms. The van der Waals surface area contributed by atoms with Crippen LogP contribution in [0.5, 0.6) is 0 Å². The Kier molecular flexibility index (Phi) is 3.44. The Hall–Kier alpha value is -1.51. The summed E-state index contributed by atoms with van der Waals surface area (Å²) in [6.45, 7) is 5.02. The van der Waals surface area contributed by atoms with Gasteiger partial charge in [-0.2, -0.15) is 0 Å². The fourth-order valence-electron chi connectivity index (χ4n) is 1.88. The first-order chi connectivity index (χ1) is 7.77. The molecule has 0 aromatic heterocycles. The largest absolute Gasteiger partial charge is 0.445 e. The standard InChI is InChI=1S/C13H16NO2/c1-11-6-5-9-14(11)13(15)16-10-12-7-3-2-4-8-12/h2-4,7-8,11H,1,5-6,9-10H2. The Morgan fingerprint density at radius 3 is 2.81 bits per heavy atom. The van der Waals surface area contributed by atoms with Crippen molar-refractivity contribution < 1.29 is 9.53 Å². The highest BCUT2D eigenvalue weighted by Gasteiger charge is 2.26. The summed E-state index contributed by atoms with van der Waals surface area (Å²) in [5, 5.41) is 0. The number of amides is 1. The highest BCUT2D eigenvalue weighted by atomic mass is 16.6. The lowest BCUT2D eigenvalue weighted by atomic mass is 10.2. The summed E-state index contributed by atoms with van der Waals surface area (Å²) < 4.78 is 5.23. The molecule has 0 saturated carbocycles. The number of nitrogens with zero attached hydrogens (tertiary/aromatic N) is 1. The van der Waals surface area contributed by atoms with Crippen LogP contribution >= 0.6 is 0 Å². The van der Waals surface area contributed by atoms with E-state index in [0.717, 1.165) is 24.9 Å². The number of hydrogen-bond donors (Lipinski definition) is 0. The van der Waals surface area contributed by atoms with Crippen molar-refractivity contribution in [3.63, 3.8) is 0 Å². The maximum atomic E-state index is 11.7. The SMILES string of the molecule is [CH2]C1CCCN1C(=O)OCc1ccccc1. The molecular weight excluding hydrogens is 202 g/mol. The topological polar surface area (TPSA) is 29.5 Å². The molecule has 0 N–H and O–H groups in total. The Balaban J connectivity index is 1.84. The summed E-state index contributed by atoms with van der Waals surface area (Å²) in [5.74, 6) is 0. The highest BCUT2D eigenvalue weighted by Crippen LogP contribution is 2.17. The van der Waals surface area contributed by atoms with Gasteiger partial charge in [-0.25, -0.2) is 4.79 Å². The molecule has 0 spiro atoms. The molecule has 0 aliphatic carbocycles. The fraction of sp³-hybridized carbons (Fsp3) is 0.385. The molecule has 3 heteroatoms. The predicted molar refractivity (Wildman–Crippen MR) is 61.7 cm³/mol. The Morgan fingerprint density at radius 2 is 2.19 bits per heavy atom. The van der Waals surface area contributed by atoms with Gasteiger partial charge in [-0.05, 0) is 25.3 Å². The van der Waals surface area contributed by atoms with Gasteiger partial charge in [0.05, 0.1) is 0 Å².